The first-order valence-corrected chi connectivity index (χ1v) is 14.0. The number of benzene rings is 2. The number of carbonyl (C=O) groups is 2. The molecule has 0 saturated heterocycles. The summed E-state index contributed by atoms with van der Waals surface area (Å²) in [4.78, 5) is 25.5. The van der Waals surface area contributed by atoms with Crippen molar-refractivity contribution in [2.24, 2.45) is 0 Å². The van der Waals surface area contributed by atoms with Crippen LogP contribution in [0.25, 0.3) is 5.69 Å². The summed E-state index contributed by atoms with van der Waals surface area (Å²) in [6.45, 7) is -1.41. The van der Waals surface area contributed by atoms with Gasteiger partial charge in [0.25, 0.3) is 5.91 Å². The fourth-order valence-electron chi connectivity index (χ4n) is 4.02. The van der Waals surface area contributed by atoms with Gasteiger partial charge in [-0.25, -0.2) is 21.9 Å². The first kappa shape index (κ1) is 29.8. The number of halogens is 5. The second kappa shape index (κ2) is 11.7. The molecule has 41 heavy (non-hydrogen) atoms. The Morgan fingerprint density at radius 1 is 1.12 bits per heavy atom. The van der Waals surface area contributed by atoms with Gasteiger partial charge < -0.3 is 20.1 Å². The van der Waals surface area contributed by atoms with E-state index in [0.29, 0.717) is 0 Å². The van der Waals surface area contributed by atoms with E-state index in [2.05, 4.69) is 15.7 Å². The Kier molecular flexibility index (Phi) is 8.51. The lowest BCUT2D eigenvalue weighted by molar-refractivity contribution is -0.153. The van der Waals surface area contributed by atoms with E-state index in [0.717, 1.165) is 23.1 Å². The zero-order valence-corrected chi connectivity index (χ0v) is 22.1. The predicted molar refractivity (Wildman–Crippen MR) is 135 cm³/mol. The molecule has 16 heteroatoms. The van der Waals surface area contributed by atoms with Gasteiger partial charge in [0.15, 0.2) is 28.1 Å². The van der Waals surface area contributed by atoms with E-state index in [1.165, 1.54) is 30.3 Å². The lowest BCUT2D eigenvalue weighted by atomic mass is 9.99. The molecule has 0 saturated carbocycles. The third kappa shape index (κ3) is 7.93. The summed E-state index contributed by atoms with van der Waals surface area (Å²) < 4.78 is 99.2. The van der Waals surface area contributed by atoms with E-state index >= 15 is 0 Å². The number of nitrogens with zero attached hydrogens (tertiary/aromatic N) is 2. The molecule has 10 nitrogen and oxygen atoms in total. The standard InChI is InChI=1S/C25H23F5N4O6S/c1-41(37,38)12-21(35)32-23-22-20(33-34(23)15-5-6-18(26)19(27)10-15)9-14(31-24(22)36)7-8-39-16-3-2-4-17(11-16)40-13-25(28,29)30/h2-6,10-11,14H,7-9,12-13H2,1H3,(H,31,36)(H,32,35)/t14-/m0/s1. The van der Waals surface area contributed by atoms with Gasteiger partial charge in [0.2, 0.25) is 5.91 Å². The van der Waals surface area contributed by atoms with Crippen LogP contribution in [0.2, 0.25) is 0 Å². The Hall–Kier alpha value is -4.21. The number of nitrogens with one attached hydrogen (secondary N) is 2. The van der Waals surface area contributed by atoms with Crippen molar-refractivity contribution >= 4 is 27.5 Å². The molecule has 0 fully saturated rings. The molecule has 220 valence electrons. The van der Waals surface area contributed by atoms with Gasteiger partial charge in [-0.1, -0.05) is 6.07 Å². The topological polar surface area (TPSA) is 129 Å². The van der Waals surface area contributed by atoms with Gasteiger partial charge in [0.1, 0.15) is 28.6 Å². The Balaban J connectivity index is 1.51. The van der Waals surface area contributed by atoms with Gasteiger partial charge in [-0.05, 0) is 24.3 Å². The average Bonchev–Trinajstić information content (AvgIpc) is 3.21. The van der Waals surface area contributed by atoms with Crippen LogP contribution in [0.3, 0.4) is 0 Å². The maximum Gasteiger partial charge on any atom is 0.422 e. The van der Waals surface area contributed by atoms with Crippen LogP contribution < -0.4 is 20.1 Å². The minimum absolute atomic E-state index is 0.0340. The second-order valence-corrected chi connectivity index (χ2v) is 11.3. The highest BCUT2D eigenvalue weighted by molar-refractivity contribution is 7.91. The van der Waals surface area contributed by atoms with Crippen molar-refractivity contribution in [2.75, 3.05) is 30.5 Å². The molecule has 2 aromatic carbocycles. The molecule has 0 radical (unpaired) electrons. The van der Waals surface area contributed by atoms with Crippen LogP contribution in [0.5, 0.6) is 11.5 Å². The van der Waals surface area contributed by atoms with Gasteiger partial charge in [-0.15, -0.1) is 0 Å². The van der Waals surface area contributed by atoms with Gasteiger partial charge in [-0.3, -0.25) is 9.59 Å². The van der Waals surface area contributed by atoms with E-state index in [1.54, 1.807) is 0 Å². The molecule has 1 aliphatic heterocycles. The van der Waals surface area contributed by atoms with Crippen molar-refractivity contribution in [1.29, 1.82) is 0 Å². The van der Waals surface area contributed by atoms with Crippen LogP contribution in [0.1, 0.15) is 22.5 Å². The van der Waals surface area contributed by atoms with Crippen LogP contribution in [-0.2, 0) is 21.1 Å². The van der Waals surface area contributed by atoms with Gasteiger partial charge in [-0.2, -0.15) is 18.3 Å². The highest BCUT2D eigenvalue weighted by Gasteiger charge is 2.33. The number of hydrogen-bond acceptors (Lipinski definition) is 7. The number of rotatable bonds is 10. The van der Waals surface area contributed by atoms with Gasteiger partial charge >= 0.3 is 6.18 Å². The van der Waals surface area contributed by atoms with Crippen LogP contribution in [0.4, 0.5) is 27.8 Å². The zero-order valence-electron chi connectivity index (χ0n) is 21.3. The van der Waals surface area contributed by atoms with Crippen molar-refractivity contribution < 1.29 is 49.4 Å². The lowest BCUT2D eigenvalue weighted by Gasteiger charge is -2.23. The number of carbonyl (C=O) groups excluding carboxylic acids is 2. The summed E-state index contributed by atoms with van der Waals surface area (Å²) in [7, 11) is -3.73. The van der Waals surface area contributed by atoms with Crippen molar-refractivity contribution in [3.63, 3.8) is 0 Å². The number of sulfone groups is 1. The maximum absolute atomic E-state index is 14.0. The molecule has 4 rings (SSSR count). The van der Waals surface area contributed by atoms with Crippen molar-refractivity contribution in [1.82, 2.24) is 15.1 Å². The minimum atomic E-state index is -4.50. The first-order chi connectivity index (χ1) is 19.2. The predicted octanol–water partition coefficient (Wildman–Crippen LogP) is 3.20. The molecule has 0 aliphatic carbocycles. The molecule has 2 heterocycles. The number of ether oxygens (including phenoxy) is 2. The Morgan fingerprint density at radius 2 is 1.83 bits per heavy atom. The molecular formula is C25H23F5N4O6S. The quantitative estimate of drug-likeness (QED) is 0.341. The molecule has 2 N–H and O–H groups in total. The fraction of sp³-hybridized carbons (Fsp3) is 0.320. The van der Waals surface area contributed by atoms with Crippen molar-refractivity contribution in [3.8, 4) is 17.2 Å². The molecule has 1 aromatic heterocycles. The van der Waals surface area contributed by atoms with E-state index in [-0.39, 0.29) is 53.7 Å². The highest BCUT2D eigenvalue weighted by atomic mass is 32.2. The summed E-state index contributed by atoms with van der Waals surface area (Å²) in [6.07, 6.45) is -3.28. The van der Waals surface area contributed by atoms with Crippen LogP contribution in [-0.4, -0.2) is 67.5 Å². The highest BCUT2D eigenvalue weighted by Crippen LogP contribution is 2.29. The normalized spacial score (nSPS) is 15.2. The Morgan fingerprint density at radius 3 is 2.49 bits per heavy atom. The van der Waals surface area contributed by atoms with E-state index in [9.17, 15) is 40.0 Å². The molecule has 1 aliphatic rings. The SMILES string of the molecule is CS(=O)(=O)CC(=O)Nc1c2c(nn1-c1ccc(F)c(F)c1)C[C@H](CCOc1cccc(OCC(F)(F)F)c1)NC2=O. The third-order valence-corrected chi connectivity index (χ3v) is 6.49. The van der Waals surface area contributed by atoms with E-state index in [4.69, 9.17) is 9.47 Å². The van der Waals surface area contributed by atoms with Gasteiger partial charge in [0, 0.05) is 37.3 Å². The zero-order chi connectivity index (χ0) is 29.9. The monoisotopic (exact) mass is 602 g/mol. The lowest BCUT2D eigenvalue weighted by Crippen LogP contribution is -2.42. The third-order valence-electron chi connectivity index (χ3n) is 5.70. The number of aromatic nitrogens is 2. The van der Waals surface area contributed by atoms with Crippen molar-refractivity contribution in [3.05, 3.63) is 65.4 Å². The van der Waals surface area contributed by atoms with Gasteiger partial charge in [0.05, 0.1) is 18.0 Å². The summed E-state index contributed by atoms with van der Waals surface area (Å²) in [5.41, 5.74) is 0.0808. The van der Waals surface area contributed by atoms with Crippen LogP contribution >= 0.6 is 0 Å². The van der Waals surface area contributed by atoms with E-state index in [1.807, 2.05) is 0 Å². The number of hydrogen-bond donors (Lipinski definition) is 2. The fourth-order valence-corrected chi connectivity index (χ4v) is 4.57. The Bertz CT molecular complexity index is 1570. The summed E-state index contributed by atoms with van der Waals surface area (Å²) >= 11 is 0. The molecule has 0 bridgehead atoms. The minimum Gasteiger partial charge on any atom is -0.493 e. The second-order valence-electron chi connectivity index (χ2n) is 9.19. The largest absolute Gasteiger partial charge is 0.493 e. The number of alkyl halides is 3. The molecule has 3 aromatic rings. The summed E-state index contributed by atoms with van der Waals surface area (Å²) in [5, 5.41) is 9.38. The summed E-state index contributed by atoms with van der Waals surface area (Å²) in [5.74, 6) is -4.89. The first-order valence-electron chi connectivity index (χ1n) is 12.0. The van der Waals surface area contributed by atoms with E-state index < -0.39 is 57.9 Å². The van der Waals surface area contributed by atoms with Crippen LogP contribution in [0.15, 0.2) is 42.5 Å². The maximum atomic E-state index is 14.0. The molecule has 0 spiro atoms. The number of anilines is 1. The molecular weight excluding hydrogens is 579 g/mol. The smallest absolute Gasteiger partial charge is 0.422 e. The Labute approximate surface area is 230 Å². The number of amides is 2. The number of fused-ring (bicyclic) bond motifs is 1. The van der Waals surface area contributed by atoms with Crippen molar-refractivity contribution in [2.45, 2.75) is 25.1 Å². The van der Waals surface area contributed by atoms with Crippen LogP contribution in [0, 0.1) is 11.6 Å². The molecule has 2 amide bonds. The molecule has 1 atom stereocenters. The molecule has 0 unspecified atom stereocenters. The summed E-state index contributed by atoms with van der Waals surface area (Å²) in [6, 6.07) is 7.89. The average molecular weight is 603 g/mol.